The molecular formula is C39H64O4Si2. The Bertz CT molecular complexity index is 1200. The molecule has 0 heterocycles. The summed E-state index contributed by atoms with van der Waals surface area (Å²) in [6, 6.07) is 18.6. The molecule has 6 heteroatoms. The molecule has 1 aliphatic carbocycles. The van der Waals surface area contributed by atoms with Crippen molar-refractivity contribution in [2.75, 3.05) is 0 Å². The summed E-state index contributed by atoms with van der Waals surface area (Å²) in [6.07, 6.45) is 8.16. The minimum absolute atomic E-state index is 0.0231. The molecule has 0 amide bonds. The minimum atomic E-state index is -2.06. The Balaban J connectivity index is 1.83. The van der Waals surface area contributed by atoms with Gasteiger partial charge in [0.15, 0.2) is 16.6 Å². The zero-order chi connectivity index (χ0) is 33.5. The highest BCUT2D eigenvalue weighted by Gasteiger charge is 2.48. The Labute approximate surface area is 278 Å². The molecule has 1 fully saturated rings. The lowest BCUT2D eigenvalue weighted by atomic mass is 9.84. The molecule has 0 bridgehead atoms. The van der Waals surface area contributed by atoms with Crippen molar-refractivity contribution in [2.45, 2.75) is 155 Å². The first-order valence-corrected chi connectivity index (χ1v) is 23.4. The molecule has 45 heavy (non-hydrogen) atoms. The summed E-state index contributed by atoms with van der Waals surface area (Å²) in [7, 11) is -3.98. The second-order valence-corrected chi connectivity index (χ2v) is 26.1. The molecule has 1 aliphatic rings. The molecule has 2 aromatic carbocycles. The predicted molar refractivity (Wildman–Crippen MR) is 195 cm³/mol. The van der Waals surface area contributed by atoms with E-state index < -0.39 is 16.6 Å². The van der Waals surface area contributed by atoms with Gasteiger partial charge in [-0.1, -0.05) is 110 Å². The second kappa shape index (κ2) is 15.9. The van der Waals surface area contributed by atoms with Crippen molar-refractivity contribution >= 4 is 22.4 Å². The summed E-state index contributed by atoms with van der Waals surface area (Å²) in [5.41, 5.74) is 2.31. The van der Waals surface area contributed by atoms with E-state index in [-0.39, 0.29) is 34.1 Å². The molecule has 0 radical (unpaired) electrons. The van der Waals surface area contributed by atoms with Gasteiger partial charge in [0.05, 0.1) is 6.10 Å². The van der Waals surface area contributed by atoms with E-state index in [1.54, 1.807) is 0 Å². The maximum atomic E-state index is 13.8. The first kappa shape index (κ1) is 37.7. The molecule has 4 atom stereocenters. The lowest BCUT2D eigenvalue weighted by Gasteiger charge is -2.41. The van der Waals surface area contributed by atoms with Crippen LogP contribution in [0.3, 0.4) is 0 Å². The fraction of sp³-hybridized carbons (Fsp3) is 0.667. The van der Waals surface area contributed by atoms with E-state index in [2.05, 4.69) is 105 Å². The van der Waals surface area contributed by atoms with Crippen molar-refractivity contribution in [3.8, 4) is 5.75 Å². The van der Waals surface area contributed by atoms with Gasteiger partial charge >= 0.3 is 0 Å². The van der Waals surface area contributed by atoms with Gasteiger partial charge in [0.25, 0.3) is 0 Å². The number of unbranched alkanes of at least 4 members (excludes halogenated alkanes) is 2. The minimum Gasteiger partial charge on any atom is -0.489 e. The van der Waals surface area contributed by atoms with Crippen molar-refractivity contribution in [1.82, 2.24) is 0 Å². The monoisotopic (exact) mass is 652 g/mol. The van der Waals surface area contributed by atoms with E-state index in [0.717, 1.165) is 42.6 Å². The number of ketones is 1. The SMILES string of the molecule is CCCCC[C@@H](CC[C@H]1C(O[Si](C)(C)C(C)(C)C)CC(=O)[C@@H]1Cc1cccc(OCc2ccccc2)c1)O[Si](C)(C)C(C)(C)C. The molecule has 4 nitrogen and oxygen atoms in total. The maximum absolute atomic E-state index is 13.8. The smallest absolute Gasteiger partial charge is 0.192 e. The Morgan fingerprint density at radius 1 is 0.822 bits per heavy atom. The molecule has 2 aromatic rings. The summed E-state index contributed by atoms with van der Waals surface area (Å²) in [5, 5.41) is 0.265. The lowest BCUT2D eigenvalue weighted by Crippen LogP contribution is -2.46. The van der Waals surface area contributed by atoms with Crippen LogP contribution < -0.4 is 4.74 Å². The molecule has 3 rings (SSSR count). The van der Waals surface area contributed by atoms with Crippen LogP contribution in [0.2, 0.25) is 36.3 Å². The summed E-state index contributed by atoms with van der Waals surface area (Å²) in [5.74, 6) is 1.35. The van der Waals surface area contributed by atoms with Gasteiger partial charge in [-0.3, -0.25) is 4.79 Å². The van der Waals surface area contributed by atoms with Crippen LogP contribution in [0.1, 0.15) is 105 Å². The fourth-order valence-corrected chi connectivity index (χ4v) is 8.74. The largest absolute Gasteiger partial charge is 0.489 e. The number of hydrogen-bond acceptors (Lipinski definition) is 4. The van der Waals surface area contributed by atoms with E-state index in [1.165, 1.54) is 19.3 Å². The Hall–Kier alpha value is -1.74. The Kier molecular flexibility index (Phi) is 13.3. The van der Waals surface area contributed by atoms with Crippen LogP contribution >= 0.6 is 0 Å². The van der Waals surface area contributed by atoms with Crippen LogP contribution in [0.15, 0.2) is 54.6 Å². The zero-order valence-corrected chi connectivity index (χ0v) is 32.5. The highest BCUT2D eigenvalue weighted by Crippen LogP contribution is 2.45. The third-order valence-corrected chi connectivity index (χ3v) is 19.9. The van der Waals surface area contributed by atoms with E-state index in [1.807, 2.05) is 24.3 Å². The van der Waals surface area contributed by atoms with Crippen molar-refractivity contribution in [3.63, 3.8) is 0 Å². The number of Topliss-reactive ketones (excluding diaryl/α,β-unsaturated/α-hetero) is 1. The quantitative estimate of drug-likeness (QED) is 0.134. The van der Waals surface area contributed by atoms with Gasteiger partial charge in [-0.15, -0.1) is 0 Å². The predicted octanol–water partition coefficient (Wildman–Crippen LogP) is 11.2. The number of hydrogen-bond donors (Lipinski definition) is 0. The lowest BCUT2D eigenvalue weighted by molar-refractivity contribution is -0.121. The standard InChI is InChI=1S/C39H64O4Si2/c1-12-13-15-22-32(42-44(8,9)38(2,3)4)24-25-34-35(36(40)28-37(34)43-45(10,11)39(5,6)7)27-31-21-18-23-33(26-31)41-29-30-19-16-14-17-20-30/h14,16-21,23,26,32,34-35,37H,12-13,15,22,24-25,27-29H2,1-11H3/t32-,34+,35+,37?/m0/s1. The second-order valence-electron chi connectivity index (χ2n) is 16.6. The third kappa shape index (κ3) is 10.9. The summed E-state index contributed by atoms with van der Waals surface area (Å²) < 4.78 is 20.3. The van der Waals surface area contributed by atoms with E-state index in [0.29, 0.717) is 18.8 Å². The molecule has 1 saturated carbocycles. The van der Waals surface area contributed by atoms with Gasteiger partial charge in [0.1, 0.15) is 18.1 Å². The van der Waals surface area contributed by atoms with Crippen LogP contribution in [0.4, 0.5) is 0 Å². The average molecular weight is 653 g/mol. The summed E-state index contributed by atoms with van der Waals surface area (Å²) in [6.45, 7) is 26.1. The van der Waals surface area contributed by atoms with Crippen molar-refractivity contribution in [2.24, 2.45) is 11.8 Å². The Morgan fingerprint density at radius 3 is 2.09 bits per heavy atom. The number of rotatable bonds is 16. The van der Waals surface area contributed by atoms with Crippen molar-refractivity contribution in [1.29, 1.82) is 0 Å². The van der Waals surface area contributed by atoms with E-state index in [4.69, 9.17) is 13.6 Å². The molecule has 0 saturated heterocycles. The van der Waals surface area contributed by atoms with Gasteiger partial charge in [0.2, 0.25) is 0 Å². The topological polar surface area (TPSA) is 44.8 Å². The van der Waals surface area contributed by atoms with Crippen molar-refractivity contribution in [3.05, 3.63) is 65.7 Å². The summed E-state index contributed by atoms with van der Waals surface area (Å²) in [4.78, 5) is 13.8. The highest BCUT2D eigenvalue weighted by molar-refractivity contribution is 6.74. The fourth-order valence-electron chi connectivity index (χ4n) is 5.95. The zero-order valence-electron chi connectivity index (χ0n) is 30.5. The van der Waals surface area contributed by atoms with Gasteiger partial charge in [-0.2, -0.15) is 0 Å². The average Bonchev–Trinajstić information content (AvgIpc) is 3.22. The van der Waals surface area contributed by atoms with E-state index >= 15 is 0 Å². The number of carbonyl (C=O) groups excluding carboxylic acids is 1. The normalized spacial score (nSPS) is 20.4. The van der Waals surface area contributed by atoms with Gasteiger partial charge in [-0.05, 0) is 91.1 Å². The van der Waals surface area contributed by atoms with Crippen LogP contribution in [0.5, 0.6) is 5.75 Å². The molecule has 1 unspecified atom stereocenters. The number of benzene rings is 2. The molecule has 0 aliphatic heterocycles. The van der Waals surface area contributed by atoms with Crippen molar-refractivity contribution < 1.29 is 18.4 Å². The van der Waals surface area contributed by atoms with Crippen LogP contribution in [-0.4, -0.2) is 34.6 Å². The van der Waals surface area contributed by atoms with Crippen LogP contribution in [0, 0.1) is 11.8 Å². The van der Waals surface area contributed by atoms with Crippen LogP contribution in [0.25, 0.3) is 0 Å². The Morgan fingerprint density at radius 2 is 1.47 bits per heavy atom. The van der Waals surface area contributed by atoms with E-state index in [9.17, 15) is 4.79 Å². The molecule has 0 N–H and O–H groups in total. The number of carbonyl (C=O) groups is 1. The number of ether oxygens (including phenoxy) is 1. The van der Waals surface area contributed by atoms with Gasteiger partial charge in [0, 0.05) is 18.4 Å². The highest BCUT2D eigenvalue weighted by atomic mass is 28.4. The molecule has 0 spiro atoms. The molecule has 0 aromatic heterocycles. The first-order valence-electron chi connectivity index (χ1n) is 17.6. The third-order valence-electron chi connectivity index (χ3n) is 10.9. The maximum Gasteiger partial charge on any atom is 0.192 e. The first-order chi connectivity index (χ1) is 20.9. The summed E-state index contributed by atoms with van der Waals surface area (Å²) >= 11 is 0. The molecule has 252 valence electrons. The molecular weight excluding hydrogens is 589 g/mol. The van der Waals surface area contributed by atoms with Gasteiger partial charge in [-0.25, -0.2) is 0 Å². The van der Waals surface area contributed by atoms with Crippen LogP contribution in [-0.2, 0) is 26.7 Å². The van der Waals surface area contributed by atoms with Gasteiger partial charge < -0.3 is 13.6 Å².